The standard InChI is InChI=1S/C8H17N.C4H10O2.CH2F2/c1-8(2)5-4-6-9(3)7-8;1-3(2)4(5)6;2-1-3/h4-7H2,1-3H3;3-6H,1-2H3;1H2. The minimum absolute atomic E-state index is 0.0370. The van der Waals surface area contributed by atoms with Crippen LogP contribution in [0.25, 0.3) is 0 Å². The lowest BCUT2D eigenvalue weighted by Gasteiger charge is -2.35. The zero-order valence-corrected chi connectivity index (χ0v) is 12.3. The third-order valence-corrected chi connectivity index (χ3v) is 2.69. The number of alkyl halides is 2. The first-order chi connectivity index (χ1) is 8.16. The second-order valence-electron chi connectivity index (χ2n) is 5.76. The summed E-state index contributed by atoms with van der Waals surface area (Å²) in [4.78, 5) is 2.42. The summed E-state index contributed by atoms with van der Waals surface area (Å²) in [6, 6.07) is 0. The Morgan fingerprint density at radius 2 is 1.61 bits per heavy atom. The summed E-state index contributed by atoms with van der Waals surface area (Å²) in [6.45, 7) is 9.00. The van der Waals surface area contributed by atoms with Crippen LogP contribution in [0.15, 0.2) is 0 Å². The molecule has 0 bridgehead atoms. The summed E-state index contributed by atoms with van der Waals surface area (Å²) in [5, 5.41) is 16.4. The van der Waals surface area contributed by atoms with Gasteiger partial charge in [-0.1, -0.05) is 27.7 Å². The van der Waals surface area contributed by atoms with Crippen LogP contribution in [0.2, 0.25) is 0 Å². The van der Waals surface area contributed by atoms with Gasteiger partial charge in [-0.3, -0.25) is 0 Å². The monoisotopic (exact) mass is 269 g/mol. The molecule has 1 aliphatic heterocycles. The molecule has 3 nitrogen and oxygen atoms in total. The van der Waals surface area contributed by atoms with E-state index in [1.54, 1.807) is 13.8 Å². The van der Waals surface area contributed by atoms with Crippen LogP contribution in [0.5, 0.6) is 0 Å². The fraction of sp³-hybridized carbons (Fsp3) is 1.00. The van der Waals surface area contributed by atoms with Crippen molar-refractivity contribution in [3.63, 3.8) is 0 Å². The van der Waals surface area contributed by atoms with Crippen molar-refractivity contribution >= 4 is 0 Å². The van der Waals surface area contributed by atoms with E-state index in [0.29, 0.717) is 5.41 Å². The summed E-state index contributed by atoms with van der Waals surface area (Å²) in [5.41, 5.74) is 0.576. The quantitative estimate of drug-likeness (QED) is 0.719. The number of rotatable bonds is 1. The predicted octanol–water partition coefficient (Wildman–Crippen LogP) is 2.57. The van der Waals surface area contributed by atoms with Crippen LogP contribution >= 0.6 is 0 Å². The highest BCUT2D eigenvalue weighted by Crippen LogP contribution is 2.26. The molecule has 1 rings (SSSR count). The molecular weight excluding hydrogens is 240 g/mol. The van der Waals surface area contributed by atoms with Gasteiger partial charge < -0.3 is 15.1 Å². The third-order valence-electron chi connectivity index (χ3n) is 2.69. The average molecular weight is 269 g/mol. The molecule has 0 aliphatic carbocycles. The zero-order chi connectivity index (χ0) is 14.8. The largest absolute Gasteiger partial charge is 0.368 e. The molecule has 0 radical (unpaired) electrons. The SMILES string of the molecule is CC(C)C(O)O.CN1CCCC(C)(C)C1.FCF. The smallest absolute Gasteiger partial charge is 0.229 e. The van der Waals surface area contributed by atoms with E-state index in [9.17, 15) is 8.78 Å². The Balaban J connectivity index is 0. The first kappa shape index (κ1) is 20.1. The first-order valence-corrected chi connectivity index (χ1v) is 6.33. The van der Waals surface area contributed by atoms with E-state index in [-0.39, 0.29) is 5.92 Å². The van der Waals surface area contributed by atoms with Gasteiger partial charge in [0.1, 0.15) is 0 Å². The number of hydrogen-bond donors (Lipinski definition) is 2. The van der Waals surface area contributed by atoms with Gasteiger partial charge in [-0.05, 0) is 31.8 Å². The molecule has 0 unspecified atom stereocenters. The molecule has 1 fully saturated rings. The maximum Gasteiger partial charge on any atom is 0.229 e. The van der Waals surface area contributed by atoms with Crippen LogP contribution in [0.1, 0.15) is 40.5 Å². The first-order valence-electron chi connectivity index (χ1n) is 6.33. The minimum Gasteiger partial charge on any atom is -0.368 e. The molecule has 0 saturated carbocycles. The number of aliphatic hydroxyl groups is 2. The van der Waals surface area contributed by atoms with Crippen molar-refractivity contribution in [1.82, 2.24) is 4.90 Å². The second kappa shape index (κ2) is 10.6. The lowest BCUT2D eigenvalue weighted by atomic mass is 9.84. The van der Waals surface area contributed by atoms with Gasteiger partial charge in [-0.2, -0.15) is 0 Å². The van der Waals surface area contributed by atoms with Gasteiger partial charge in [0.05, 0.1) is 0 Å². The van der Waals surface area contributed by atoms with Crippen molar-refractivity contribution in [3.8, 4) is 0 Å². The average Bonchev–Trinajstić information content (AvgIpc) is 2.17. The van der Waals surface area contributed by atoms with E-state index in [0.717, 1.165) is 0 Å². The molecule has 5 heteroatoms. The maximum atomic E-state index is 9.62. The Bertz CT molecular complexity index is 182. The number of likely N-dealkylation sites (tertiary alicyclic amines) is 1. The lowest BCUT2D eigenvalue weighted by molar-refractivity contribution is -0.0731. The molecular formula is C13H29F2NO2. The number of aliphatic hydroxyl groups excluding tert-OH is 1. The van der Waals surface area contributed by atoms with E-state index in [1.807, 2.05) is 0 Å². The van der Waals surface area contributed by atoms with Crippen LogP contribution < -0.4 is 0 Å². The summed E-state index contributed by atoms with van der Waals surface area (Å²) in [5.74, 6) is -0.0370. The number of hydrogen-bond acceptors (Lipinski definition) is 3. The Kier molecular flexibility index (Phi) is 11.9. The normalized spacial score (nSPS) is 18.8. The summed E-state index contributed by atoms with van der Waals surface area (Å²) in [7, 11) is 2.21. The molecule has 0 aromatic rings. The summed E-state index contributed by atoms with van der Waals surface area (Å²) >= 11 is 0. The molecule has 1 heterocycles. The van der Waals surface area contributed by atoms with Crippen molar-refractivity contribution in [1.29, 1.82) is 0 Å². The fourth-order valence-corrected chi connectivity index (χ4v) is 1.72. The van der Waals surface area contributed by atoms with E-state index >= 15 is 0 Å². The Morgan fingerprint density at radius 1 is 1.22 bits per heavy atom. The van der Waals surface area contributed by atoms with E-state index < -0.39 is 13.2 Å². The van der Waals surface area contributed by atoms with Gasteiger partial charge in [0.25, 0.3) is 0 Å². The molecule has 0 amide bonds. The zero-order valence-electron chi connectivity index (χ0n) is 12.3. The van der Waals surface area contributed by atoms with Crippen molar-refractivity contribution in [2.75, 3.05) is 27.1 Å². The van der Waals surface area contributed by atoms with Crippen LogP contribution in [-0.4, -0.2) is 48.5 Å². The van der Waals surface area contributed by atoms with Crippen molar-refractivity contribution in [2.24, 2.45) is 11.3 Å². The van der Waals surface area contributed by atoms with E-state index in [2.05, 4.69) is 25.8 Å². The highest BCUT2D eigenvalue weighted by Gasteiger charge is 2.23. The highest BCUT2D eigenvalue weighted by atomic mass is 19.3. The molecule has 0 aromatic carbocycles. The van der Waals surface area contributed by atoms with E-state index in [4.69, 9.17) is 10.2 Å². The number of nitrogens with zero attached hydrogens (tertiary/aromatic N) is 1. The van der Waals surface area contributed by atoms with Crippen LogP contribution in [-0.2, 0) is 0 Å². The van der Waals surface area contributed by atoms with Crippen molar-refractivity contribution in [3.05, 3.63) is 0 Å². The molecule has 0 spiro atoms. The van der Waals surface area contributed by atoms with Gasteiger partial charge in [0, 0.05) is 12.5 Å². The van der Waals surface area contributed by atoms with Crippen LogP contribution in [0.3, 0.4) is 0 Å². The maximum absolute atomic E-state index is 9.62. The predicted molar refractivity (Wildman–Crippen MR) is 70.7 cm³/mol. The fourth-order valence-electron chi connectivity index (χ4n) is 1.72. The topological polar surface area (TPSA) is 43.7 Å². The molecule has 0 atom stereocenters. The summed E-state index contributed by atoms with van der Waals surface area (Å²) < 4.78 is 19.2. The number of piperidine rings is 1. The molecule has 18 heavy (non-hydrogen) atoms. The van der Waals surface area contributed by atoms with Gasteiger partial charge in [-0.15, -0.1) is 0 Å². The van der Waals surface area contributed by atoms with Crippen LogP contribution in [0, 0.1) is 11.3 Å². The van der Waals surface area contributed by atoms with Gasteiger partial charge in [-0.25, -0.2) is 8.78 Å². The third kappa shape index (κ3) is 13.8. The van der Waals surface area contributed by atoms with Crippen molar-refractivity contribution in [2.45, 2.75) is 46.8 Å². The molecule has 1 aliphatic rings. The lowest BCUT2D eigenvalue weighted by Crippen LogP contribution is -2.37. The van der Waals surface area contributed by atoms with Gasteiger partial charge in [0.2, 0.25) is 6.93 Å². The molecule has 1 saturated heterocycles. The molecule has 2 N–H and O–H groups in total. The second-order valence-corrected chi connectivity index (χ2v) is 5.76. The molecule has 112 valence electrons. The van der Waals surface area contributed by atoms with Gasteiger partial charge in [0.15, 0.2) is 6.29 Å². The van der Waals surface area contributed by atoms with E-state index in [1.165, 1.54) is 25.9 Å². The Hall–Kier alpha value is -0.260. The van der Waals surface area contributed by atoms with Gasteiger partial charge >= 0.3 is 0 Å². The number of halogens is 2. The minimum atomic E-state index is -1.75. The van der Waals surface area contributed by atoms with Crippen molar-refractivity contribution < 1.29 is 19.0 Å². The molecule has 0 aromatic heterocycles. The highest BCUT2D eigenvalue weighted by molar-refractivity contribution is 4.77. The Morgan fingerprint density at radius 3 is 1.78 bits per heavy atom. The summed E-state index contributed by atoms with van der Waals surface area (Å²) in [6.07, 6.45) is 1.63. The Labute approximate surface area is 110 Å². The van der Waals surface area contributed by atoms with Crippen LogP contribution in [0.4, 0.5) is 8.78 Å².